The van der Waals surface area contributed by atoms with Crippen LogP contribution >= 0.6 is 0 Å². The molecule has 0 aliphatic carbocycles. The third-order valence-corrected chi connectivity index (χ3v) is 9.08. The molecule has 3 aromatic rings. The van der Waals surface area contributed by atoms with Gasteiger partial charge in [-0.05, 0) is 62.6 Å². The molecule has 0 unspecified atom stereocenters. The molecule has 4 rings (SSSR count). The Morgan fingerprint density at radius 2 is 1.85 bits per heavy atom. The summed E-state index contributed by atoms with van der Waals surface area (Å²) < 4.78 is 45.9. The van der Waals surface area contributed by atoms with Crippen molar-refractivity contribution >= 4 is 27.5 Å². The third-order valence-electron chi connectivity index (χ3n) is 7.10. The van der Waals surface area contributed by atoms with E-state index in [4.69, 9.17) is 14.0 Å². The molecular formula is C29H36N4O7S. The molecule has 220 valence electrons. The second-order valence-electron chi connectivity index (χ2n) is 10.5. The van der Waals surface area contributed by atoms with E-state index < -0.39 is 28.1 Å². The van der Waals surface area contributed by atoms with E-state index >= 15 is 0 Å². The summed E-state index contributed by atoms with van der Waals surface area (Å²) in [5.74, 6) is -0.324. The number of hydrogen-bond donors (Lipinski definition) is 1. The predicted molar refractivity (Wildman–Crippen MR) is 153 cm³/mol. The Labute approximate surface area is 240 Å². The van der Waals surface area contributed by atoms with Crippen molar-refractivity contribution in [3.63, 3.8) is 0 Å². The number of nitrogens with one attached hydrogen (secondary N) is 1. The minimum Gasteiger partial charge on any atom is -0.491 e. The van der Waals surface area contributed by atoms with Crippen molar-refractivity contribution in [3.05, 3.63) is 71.1 Å². The fraction of sp³-hybridized carbons (Fsp3) is 0.414. The fourth-order valence-corrected chi connectivity index (χ4v) is 6.56. The topological polar surface area (TPSA) is 131 Å². The van der Waals surface area contributed by atoms with Crippen LogP contribution in [0.15, 0.2) is 57.9 Å². The van der Waals surface area contributed by atoms with Crippen LogP contribution in [0.4, 0.5) is 5.69 Å². The number of benzene rings is 2. The number of aryl methyl sites for hydroxylation is 2. The molecular weight excluding hydrogens is 548 g/mol. The van der Waals surface area contributed by atoms with Gasteiger partial charge in [0.05, 0.1) is 22.6 Å². The largest absolute Gasteiger partial charge is 0.491 e. The molecule has 41 heavy (non-hydrogen) atoms. The standard InChI is InChI=1S/C29H36N4O7S/c1-18-8-7-9-23(12-18)41(36,37)33-15-19(2)27(38-6)16-32(5)29(35)24-14-22(10-11-26(24)39-17-20(33)3)30-28(34)25-13-21(4)40-31-25/h7-14,19-20,27H,15-17H2,1-6H3,(H,30,34)/t19-,20-,27-/m1/s1. The van der Waals surface area contributed by atoms with E-state index in [1.54, 1.807) is 58.3 Å². The van der Waals surface area contributed by atoms with Gasteiger partial charge in [0.1, 0.15) is 18.1 Å². The van der Waals surface area contributed by atoms with Crippen molar-refractivity contribution in [2.75, 3.05) is 39.2 Å². The number of likely N-dealkylation sites (N-methyl/N-ethyl adjacent to an activating group) is 1. The van der Waals surface area contributed by atoms with Crippen LogP contribution in [-0.2, 0) is 14.8 Å². The Hall–Kier alpha value is -3.74. The lowest BCUT2D eigenvalue weighted by molar-refractivity contribution is 0.0212. The number of anilines is 1. The number of carbonyl (C=O) groups is 2. The second kappa shape index (κ2) is 12.4. The highest BCUT2D eigenvalue weighted by atomic mass is 32.2. The van der Waals surface area contributed by atoms with E-state index in [1.807, 2.05) is 19.9 Å². The minimum absolute atomic E-state index is 0.0106. The van der Waals surface area contributed by atoms with Gasteiger partial charge in [-0.1, -0.05) is 24.2 Å². The molecule has 11 nitrogen and oxygen atoms in total. The molecule has 0 bridgehead atoms. The maximum absolute atomic E-state index is 13.8. The Bertz CT molecular complexity index is 1520. The van der Waals surface area contributed by atoms with Gasteiger partial charge in [-0.25, -0.2) is 8.42 Å². The van der Waals surface area contributed by atoms with Crippen molar-refractivity contribution < 1.29 is 32.0 Å². The monoisotopic (exact) mass is 584 g/mol. The van der Waals surface area contributed by atoms with Crippen molar-refractivity contribution in [1.29, 1.82) is 0 Å². The lowest BCUT2D eigenvalue weighted by Gasteiger charge is -2.35. The number of amides is 2. The summed E-state index contributed by atoms with van der Waals surface area (Å²) in [7, 11) is -0.688. The van der Waals surface area contributed by atoms with E-state index in [9.17, 15) is 18.0 Å². The zero-order valence-electron chi connectivity index (χ0n) is 24.1. The number of rotatable bonds is 5. The molecule has 1 aliphatic rings. The van der Waals surface area contributed by atoms with Crippen LogP contribution in [0.1, 0.15) is 46.0 Å². The van der Waals surface area contributed by atoms with E-state index in [1.165, 1.54) is 21.3 Å². The average Bonchev–Trinajstić information content (AvgIpc) is 3.38. The van der Waals surface area contributed by atoms with Crippen LogP contribution in [0.2, 0.25) is 0 Å². The van der Waals surface area contributed by atoms with Gasteiger partial charge >= 0.3 is 0 Å². The molecule has 0 fully saturated rings. The van der Waals surface area contributed by atoms with Crippen molar-refractivity contribution in [3.8, 4) is 5.75 Å². The maximum atomic E-state index is 13.8. The van der Waals surface area contributed by atoms with E-state index in [0.717, 1.165) is 5.56 Å². The van der Waals surface area contributed by atoms with E-state index in [-0.39, 0.29) is 53.4 Å². The SMILES string of the molecule is CO[C@@H]1CN(C)C(=O)c2cc(NC(=O)c3cc(C)on3)ccc2OC[C@@H](C)N(S(=O)(=O)c2cccc(C)c2)C[C@H]1C. The molecule has 12 heteroatoms. The van der Waals surface area contributed by atoms with Crippen LogP contribution in [0.5, 0.6) is 5.75 Å². The van der Waals surface area contributed by atoms with Crippen LogP contribution < -0.4 is 10.1 Å². The number of hydrogen-bond acceptors (Lipinski definition) is 8. The molecule has 1 aliphatic heterocycles. The van der Waals surface area contributed by atoms with Crippen molar-refractivity contribution in [2.45, 2.75) is 44.7 Å². The summed E-state index contributed by atoms with van der Waals surface area (Å²) in [6.45, 7) is 7.56. The highest BCUT2D eigenvalue weighted by molar-refractivity contribution is 7.89. The fourth-order valence-electron chi connectivity index (χ4n) is 4.74. The van der Waals surface area contributed by atoms with Crippen molar-refractivity contribution in [2.24, 2.45) is 5.92 Å². The first kappa shape index (κ1) is 30.2. The molecule has 3 atom stereocenters. The summed E-state index contributed by atoms with van der Waals surface area (Å²) in [6.07, 6.45) is -0.451. The van der Waals surface area contributed by atoms with Gasteiger partial charge in [0, 0.05) is 39.0 Å². The van der Waals surface area contributed by atoms with Gasteiger partial charge in [0.25, 0.3) is 11.8 Å². The second-order valence-corrected chi connectivity index (χ2v) is 12.4. The summed E-state index contributed by atoms with van der Waals surface area (Å²) in [4.78, 5) is 27.9. The van der Waals surface area contributed by atoms with Crippen LogP contribution in [0.25, 0.3) is 0 Å². The Balaban J connectivity index is 1.69. The Kier molecular flexibility index (Phi) is 9.15. The molecule has 2 heterocycles. The maximum Gasteiger partial charge on any atom is 0.277 e. The lowest BCUT2D eigenvalue weighted by Crippen LogP contribution is -2.48. The predicted octanol–water partition coefficient (Wildman–Crippen LogP) is 3.74. The van der Waals surface area contributed by atoms with Crippen LogP contribution in [0, 0.1) is 19.8 Å². The van der Waals surface area contributed by atoms with Gasteiger partial charge in [-0.3, -0.25) is 9.59 Å². The van der Waals surface area contributed by atoms with Gasteiger partial charge in [-0.2, -0.15) is 4.31 Å². The smallest absolute Gasteiger partial charge is 0.277 e. The highest BCUT2D eigenvalue weighted by Crippen LogP contribution is 2.28. The zero-order valence-corrected chi connectivity index (χ0v) is 24.9. The number of carbonyl (C=O) groups excluding carboxylic acids is 2. The third kappa shape index (κ3) is 6.77. The van der Waals surface area contributed by atoms with E-state index in [0.29, 0.717) is 11.4 Å². The normalized spacial score (nSPS) is 20.9. The number of aromatic nitrogens is 1. The molecule has 2 amide bonds. The van der Waals surface area contributed by atoms with Gasteiger partial charge < -0.3 is 24.2 Å². The highest BCUT2D eigenvalue weighted by Gasteiger charge is 2.35. The number of sulfonamides is 1. The molecule has 1 N–H and O–H groups in total. The van der Waals surface area contributed by atoms with Crippen LogP contribution in [-0.4, -0.2) is 80.6 Å². The number of nitrogens with zero attached hydrogens (tertiary/aromatic N) is 3. The summed E-state index contributed by atoms with van der Waals surface area (Å²) in [6, 6.07) is 12.5. The lowest BCUT2D eigenvalue weighted by atomic mass is 10.0. The molecule has 0 spiro atoms. The number of fused-ring (bicyclic) bond motifs is 1. The summed E-state index contributed by atoms with van der Waals surface area (Å²) in [5, 5.41) is 6.46. The van der Waals surface area contributed by atoms with E-state index in [2.05, 4.69) is 10.5 Å². The van der Waals surface area contributed by atoms with Gasteiger partial charge in [0.2, 0.25) is 10.0 Å². The zero-order chi connectivity index (χ0) is 29.9. The van der Waals surface area contributed by atoms with Gasteiger partial charge in [-0.15, -0.1) is 0 Å². The Morgan fingerprint density at radius 3 is 2.51 bits per heavy atom. The summed E-state index contributed by atoms with van der Waals surface area (Å²) >= 11 is 0. The van der Waals surface area contributed by atoms with Crippen molar-refractivity contribution in [1.82, 2.24) is 14.4 Å². The number of ether oxygens (including phenoxy) is 2. The molecule has 2 aromatic carbocycles. The first-order valence-corrected chi connectivity index (χ1v) is 14.7. The first-order chi connectivity index (χ1) is 19.4. The summed E-state index contributed by atoms with van der Waals surface area (Å²) in [5.41, 5.74) is 1.52. The first-order valence-electron chi connectivity index (χ1n) is 13.3. The minimum atomic E-state index is -3.88. The van der Waals surface area contributed by atoms with Crippen LogP contribution in [0.3, 0.4) is 0 Å². The molecule has 0 saturated heterocycles. The molecule has 1 aromatic heterocycles. The number of methoxy groups -OCH3 is 1. The quantitative estimate of drug-likeness (QED) is 0.480. The Morgan fingerprint density at radius 1 is 1.10 bits per heavy atom. The molecule has 0 saturated carbocycles. The average molecular weight is 585 g/mol. The molecule has 0 radical (unpaired) electrons. The van der Waals surface area contributed by atoms with Gasteiger partial charge in [0.15, 0.2) is 5.69 Å².